The molecule has 84 heavy (non-hydrogen) atoms. The fraction of sp³-hybridized carbons (Fsp3) is 0. The Bertz CT molecular complexity index is 4500. The van der Waals surface area contributed by atoms with Gasteiger partial charge in [0.05, 0.1) is 11.4 Å². The predicted molar refractivity (Wildman–Crippen MR) is 354 cm³/mol. The van der Waals surface area contributed by atoms with E-state index < -0.39 is 0 Å². The van der Waals surface area contributed by atoms with Crippen molar-refractivity contribution in [2.75, 3.05) is 14.4 Å². The van der Waals surface area contributed by atoms with E-state index in [1.807, 2.05) is 0 Å². The molecule has 0 aliphatic carbocycles. The fourth-order valence-corrected chi connectivity index (χ4v) is 15.6. The third-order valence-corrected chi connectivity index (χ3v) is 19.1. The summed E-state index contributed by atoms with van der Waals surface area (Å²) in [6, 6.07) is 107. The molecular weight excluding hydrogens is 1010 g/mol. The van der Waals surface area contributed by atoms with Gasteiger partial charge in [0.15, 0.2) is 0 Å². The summed E-state index contributed by atoms with van der Waals surface area (Å²) < 4.78 is 0. The highest BCUT2D eigenvalue weighted by Crippen LogP contribution is 2.51. The molecule has 0 saturated carbocycles. The van der Waals surface area contributed by atoms with Crippen LogP contribution in [0, 0.1) is 0 Å². The average molecular weight is 1060 g/mol. The van der Waals surface area contributed by atoms with Gasteiger partial charge in [0.2, 0.25) is 0 Å². The van der Waals surface area contributed by atoms with Gasteiger partial charge in [0.25, 0.3) is 0 Å². The van der Waals surface area contributed by atoms with Crippen molar-refractivity contribution in [3.8, 4) is 100 Å². The molecule has 12 aromatic carbocycles. The van der Waals surface area contributed by atoms with Crippen LogP contribution in [0.2, 0.25) is 0 Å². The molecule has 0 atom stereocenters. The minimum absolute atomic E-state index is 0.00949. The van der Waals surface area contributed by atoms with Crippen LogP contribution in [0.5, 0.6) is 0 Å². The van der Waals surface area contributed by atoms with Gasteiger partial charge in [-0.3, -0.25) is 0 Å². The lowest BCUT2D eigenvalue weighted by molar-refractivity contribution is 1.30. The summed E-state index contributed by atoms with van der Waals surface area (Å²) in [6.07, 6.45) is 0. The van der Waals surface area contributed by atoms with Crippen LogP contribution < -0.4 is 47.2 Å². The SMILES string of the molecule is c1ccc2c(c1)B1c3ccc(-c4cc(-c5ccc6c(c5)-c5ccccc5B5c7ccccc7-c7ccccc7N56)nc(-c5ccc6c(c5)-c5ccccc5B5c7ccccc7-c7ccccc7N56)c4)cc3-c3ccccc3N1c1ccccc1-2. The van der Waals surface area contributed by atoms with E-state index in [9.17, 15) is 0 Å². The van der Waals surface area contributed by atoms with E-state index in [4.69, 9.17) is 4.98 Å². The van der Waals surface area contributed by atoms with Crippen molar-refractivity contribution in [1.29, 1.82) is 0 Å². The summed E-state index contributed by atoms with van der Waals surface area (Å²) in [5.74, 6) is 0. The lowest BCUT2D eigenvalue weighted by Gasteiger charge is -2.43. The number of hydrogen-bond acceptors (Lipinski definition) is 4. The summed E-state index contributed by atoms with van der Waals surface area (Å²) >= 11 is 0. The van der Waals surface area contributed by atoms with E-state index in [0.717, 1.165) is 33.6 Å². The summed E-state index contributed by atoms with van der Waals surface area (Å²) in [5, 5.41) is 0. The molecule has 6 aliphatic rings. The van der Waals surface area contributed by atoms with Crippen LogP contribution in [0.1, 0.15) is 0 Å². The summed E-state index contributed by atoms with van der Waals surface area (Å²) in [4.78, 5) is 13.5. The molecule has 0 unspecified atom stereocenters. The number of para-hydroxylation sites is 4. The minimum Gasteiger partial charge on any atom is -0.376 e. The number of aromatic nitrogens is 1. The van der Waals surface area contributed by atoms with E-state index in [1.54, 1.807) is 0 Å². The lowest BCUT2D eigenvalue weighted by atomic mass is 9.43. The molecule has 6 aliphatic heterocycles. The van der Waals surface area contributed by atoms with E-state index in [0.29, 0.717) is 0 Å². The molecule has 13 aromatic rings. The molecule has 19 rings (SSSR count). The van der Waals surface area contributed by atoms with Gasteiger partial charge in [-0.15, -0.1) is 0 Å². The first-order valence-corrected chi connectivity index (χ1v) is 29.4. The summed E-state index contributed by atoms with van der Waals surface area (Å²) in [7, 11) is 0. The highest BCUT2D eigenvalue weighted by Gasteiger charge is 2.45. The average Bonchev–Trinajstić information content (AvgIpc) is 1.10. The highest BCUT2D eigenvalue weighted by molar-refractivity contribution is 6.94. The molecule has 0 radical (unpaired) electrons. The lowest BCUT2D eigenvalue weighted by Crippen LogP contribution is -2.59. The monoisotopic (exact) mass is 1060 g/mol. The Morgan fingerprint density at radius 1 is 0.190 bits per heavy atom. The highest BCUT2D eigenvalue weighted by atomic mass is 15.1. The smallest absolute Gasteiger partial charge is 0.329 e. The van der Waals surface area contributed by atoms with Crippen LogP contribution in [-0.4, -0.2) is 25.5 Å². The number of fused-ring (bicyclic) bond motifs is 33. The van der Waals surface area contributed by atoms with Gasteiger partial charge in [-0.2, -0.15) is 0 Å². The maximum Gasteiger partial charge on any atom is 0.329 e. The number of rotatable bonds is 3. The van der Waals surface area contributed by atoms with Crippen LogP contribution in [0.3, 0.4) is 0 Å². The standard InChI is InChI=1S/C77H47B3N4/c1-10-28-64-52(19-1)58-25-7-16-34-73(58)83-76-41-38-49(44-62(76)55-22-4-13-31-67(55)78(64)83)70-46-51(48-37-40-69-61(43-48)60-27-9-18-36-75(60)82-72-33-15-6-24-57(72)54-21-3-12-30-66(54)80(69)82)47-71(81-70)50-39-42-77-63(45-50)56-23-5-14-32-68(56)79-65-29-11-2-20-53(65)59-26-8-17-35-74(59)84(77)79/h1-47H. The number of anilines is 6. The molecule has 1 aromatic heterocycles. The number of nitrogens with zero attached hydrogens (tertiary/aromatic N) is 4. The summed E-state index contributed by atoms with van der Waals surface area (Å²) in [6.45, 7) is 0.0823. The van der Waals surface area contributed by atoms with Gasteiger partial charge in [0.1, 0.15) is 0 Å². The second kappa shape index (κ2) is 17.5. The van der Waals surface area contributed by atoms with Crippen LogP contribution in [0.4, 0.5) is 34.1 Å². The first-order valence-electron chi connectivity index (χ1n) is 29.4. The maximum absolute atomic E-state index is 5.79. The van der Waals surface area contributed by atoms with Crippen LogP contribution in [-0.2, 0) is 0 Å². The van der Waals surface area contributed by atoms with Gasteiger partial charge in [-0.25, -0.2) is 4.98 Å². The quantitative estimate of drug-likeness (QED) is 0.164. The van der Waals surface area contributed by atoms with Gasteiger partial charge >= 0.3 is 20.5 Å². The summed E-state index contributed by atoms with van der Waals surface area (Å²) in [5.41, 5.74) is 36.5. The molecule has 0 spiro atoms. The number of hydrogen-bond donors (Lipinski definition) is 0. The zero-order chi connectivity index (χ0) is 54.7. The van der Waals surface area contributed by atoms with Crippen molar-refractivity contribution in [1.82, 2.24) is 4.98 Å². The molecule has 0 saturated heterocycles. The first-order chi connectivity index (χ1) is 41.7. The zero-order valence-electron chi connectivity index (χ0n) is 45.7. The second-order valence-corrected chi connectivity index (χ2v) is 23.2. The molecule has 7 heterocycles. The zero-order valence-corrected chi connectivity index (χ0v) is 45.7. The predicted octanol–water partition coefficient (Wildman–Crippen LogP) is 14.8. The molecule has 4 nitrogen and oxygen atoms in total. The van der Waals surface area contributed by atoms with Crippen LogP contribution in [0.15, 0.2) is 285 Å². The van der Waals surface area contributed by atoms with Gasteiger partial charge < -0.3 is 14.4 Å². The largest absolute Gasteiger partial charge is 0.376 e. The van der Waals surface area contributed by atoms with E-state index in [2.05, 4.69) is 300 Å². The third kappa shape index (κ3) is 6.38. The van der Waals surface area contributed by atoms with Crippen molar-refractivity contribution >= 4 is 87.4 Å². The molecular formula is C77H47B3N4. The minimum atomic E-state index is 0.00949. The van der Waals surface area contributed by atoms with E-state index in [-0.39, 0.29) is 20.5 Å². The Labute approximate surface area is 489 Å². The molecule has 0 fully saturated rings. The normalized spacial score (nSPS) is 13.6. The van der Waals surface area contributed by atoms with Crippen LogP contribution in [0.25, 0.3) is 100 Å². The number of benzene rings is 12. The first kappa shape index (κ1) is 46.0. The Hall–Kier alpha value is -10.6. The molecule has 0 bridgehead atoms. The maximum atomic E-state index is 5.79. The fourth-order valence-electron chi connectivity index (χ4n) is 15.6. The van der Waals surface area contributed by atoms with E-state index in [1.165, 1.54) is 134 Å². The molecule has 384 valence electrons. The molecule has 0 N–H and O–H groups in total. The molecule has 0 amide bonds. The van der Waals surface area contributed by atoms with Gasteiger partial charge in [-0.1, -0.05) is 218 Å². The Morgan fingerprint density at radius 3 is 0.821 bits per heavy atom. The van der Waals surface area contributed by atoms with Gasteiger partial charge in [-0.05, 0) is 144 Å². The van der Waals surface area contributed by atoms with Crippen molar-refractivity contribution in [3.05, 3.63) is 285 Å². The van der Waals surface area contributed by atoms with E-state index >= 15 is 0 Å². The Balaban J connectivity index is 0.815. The van der Waals surface area contributed by atoms with Crippen molar-refractivity contribution in [3.63, 3.8) is 0 Å². The number of pyridine rings is 1. The van der Waals surface area contributed by atoms with Crippen LogP contribution >= 0.6 is 0 Å². The van der Waals surface area contributed by atoms with Crippen molar-refractivity contribution < 1.29 is 0 Å². The molecule has 7 heteroatoms. The van der Waals surface area contributed by atoms with Gasteiger partial charge in [0, 0.05) is 78.6 Å². The Morgan fingerprint density at radius 2 is 0.452 bits per heavy atom. The topological polar surface area (TPSA) is 22.6 Å². The third-order valence-electron chi connectivity index (χ3n) is 19.1. The Kier molecular flexibility index (Phi) is 9.57. The van der Waals surface area contributed by atoms with Crippen molar-refractivity contribution in [2.45, 2.75) is 0 Å². The van der Waals surface area contributed by atoms with Crippen molar-refractivity contribution in [2.24, 2.45) is 0 Å². The second-order valence-electron chi connectivity index (χ2n) is 23.2.